The first kappa shape index (κ1) is 14.9. The summed E-state index contributed by atoms with van der Waals surface area (Å²) < 4.78 is 18.7. The quantitative estimate of drug-likeness (QED) is 0.800. The van der Waals surface area contributed by atoms with Crippen LogP contribution in [0.1, 0.15) is 30.9 Å². The molecule has 0 spiro atoms. The number of aliphatic hydroxyl groups excluding tert-OH is 1. The van der Waals surface area contributed by atoms with Gasteiger partial charge in [-0.25, -0.2) is 4.39 Å². The third-order valence-electron chi connectivity index (χ3n) is 3.40. The summed E-state index contributed by atoms with van der Waals surface area (Å²) in [5.74, 6) is -0.00121. The van der Waals surface area contributed by atoms with Crippen molar-refractivity contribution in [3.63, 3.8) is 0 Å². The molecule has 1 aromatic carbocycles. The Labute approximate surface area is 117 Å². The molecule has 4 nitrogen and oxygen atoms in total. The highest BCUT2D eigenvalue weighted by atomic mass is 19.1. The number of ether oxygens (including phenoxy) is 1. The van der Waals surface area contributed by atoms with E-state index in [1.807, 2.05) is 0 Å². The van der Waals surface area contributed by atoms with Gasteiger partial charge in [0.1, 0.15) is 11.9 Å². The number of rotatable bonds is 7. The highest BCUT2D eigenvalue weighted by Gasteiger charge is 2.23. The fourth-order valence-electron chi connectivity index (χ4n) is 1.83. The van der Waals surface area contributed by atoms with Gasteiger partial charge in [0.25, 0.3) is 0 Å². The van der Waals surface area contributed by atoms with Crippen molar-refractivity contribution in [3.8, 4) is 0 Å². The Morgan fingerprint density at radius 2 is 2.30 bits per heavy atom. The summed E-state index contributed by atoms with van der Waals surface area (Å²) in [5.41, 5.74) is 0.980. The van der Waals surface area contributed by atoms with E-state index in [0.717, 1.165) is 5.56 Å². The van der Waals surface area contributed by atoms with Crippen LogP contribution in [0.15, 0.2) is 18.2 Å². The van der Waals surface area contributed by atoms with E-state index >= 15 is 0 Å². The van der Waals surface area contributed by atoms with Crippen LogP contribution in [0.25, 0.3) is 0 Å². The summed E-state index contributed by atoms with van der Waals surface area (Å²) in [5, 5.41) is 11.7. The molecule has 20 heavy (non-hydrogen) atoms. The molecule has 1 saturated carbocycles. The van der Waals surface area contributed by atoms with Gasteiger partial charge < -0.3 is 15.2 Å². The standard InChI is InChI=1S/C15H20FNO3/c1-10(20-9-11-2-3-11)15(19)17-7-12-4-5-14(16)13(6-12)8-18/h4-6,10-11,18H,2-3,7-9H2,1H3,(H,17,19). The van der Waals surface area contributed by atoms with Crippen molar-refractivity contribution in [1.82, 2.24) is 5.32 Å². The van der Waals surface area contributed by atoms with Crippen LogP contribution in [0.3, 0.4) is 0 Å². The SMILES string of the molecule is CC(OCC1CC1)C(=O)NCc1ccc(F)c(CO)c1. The molecule has 1 amide bonds. The van der Waals surface area contributed by atoms with E-state index in [1.165, 1.54) is 18.9 Å². The monoisotopic (exact) mass is 281 g/mol. The molecule has 1 aliphatic rings. The van der Waals surface area contributed by atoms with Gasteiger partial charge >= 0.3 is 0 Å². The van der Waals surface area contributed by atoms with E-state index in [4.69, 9.17) is 9.84 Å². The number of benzene rings is 1. The Morgan fingerprint density at radius 3 is 2.95 bits per heavy atom. The Bertz CT molecular complexity index is 474. The second-order valence-corrected chi connectivity index (χ2v) is 5.22. The van der Waals surface area contributed by atoms with Crippen molar-refractivity contribution in [2.45, 2.75) is 39.0 Å². The molecule has 2 rings (SSSR count). The fraction of sp³-hybridized carbons (Fsp3) is 0.533. The van der Waals surface area contributed by atoms with Crippen molar-refractivity contribution in [3.05, 3.63) is 35.1 Å². The minimum absolute atomic E-state index is 0.180. The number of nitrogens with one attached hydrogen (secondary N) is 1. The second kappa shape index (κ2) is 6.81. The topological polar surface area (TPSA) is 58.6 Å². The van der Waals surface area contributed by atoms with Crippen molar-refractivity contribution >= 4 is 5.91 Å². The van der Waals surface area contributed by atoms with Gasteiger partial charge in [-0.05, 0) is 43.4 Å². The molecule has 1 fully saturated rings. The van der Waals surface area contributed by atoms with Crippen LogP contribution in [-0.4, -0.2) is 23.7 Å². The Kier molecular flexibility index (Phi) is 5.09. The number of halogens is 1. The maximum absolute atomic E-state index is 13.2. The molecular weight excluding hydrogens is 261 g/mol. The van der Waals surface area contributed by atoms with Gasteiger partial charge in [-0.2, -0.15) is 0 Å². The molecular formula is C15H20FNO3. The van der Waals surface area contributed by atoms with E-state index in [0.29, 0.717) is 19.1 Å². The molecule has 0 saturated heterocycles. The van der Waals surface area contributed by atoms with Crippen LogP contribution >= 0.6 is 0 Å². The summed E-state index contributed by atoms with van der Waals surface area (Å²) in [4.78, 5) is 11.8. The van der Waals surface area contributed by atoms with E-state index < -0.39 is 11.9 Å². The van der Waals surface area contributed by atoms with Crippen LogP contribution < -0.4 is 5.32 Å². The molecule has 1 unspecified atom stereocenters. The molecule has 1 atom stereocenters. The van der Waals surface area contributed by atoms with Crippen LogP contribution in [0, 0.1) is 11.7 Å². The highest BCUT2D eigenvalue weighted by Crippen LogP contribution is 2.29. The summed E-state index contributed by atoms with van der Waals surface area (Å²) in [6.45, 7) is 2.30. The lowest BCUT2D eigenvalue weighted by molar-refractivity contribution is -0.132. The Hall–Kier alpha value is -1.46. The summed E-state index contributed by atoms with van der Waals surface area (Å²) in [6, 6.07) is 4.43. The smallest absolute Gasteiger partial charge is 0.249 e. The van der Waals surface area contributed by atoms with E-state index in [9.17, 15) is 9.18 Å². The largest absolute Gasteiger partial charge is 0.392 e. The molecule has 2 N–H and O–H groups in total. The number of carbonyl (C=O) groups excluding carboxylic acids is 1. The maximum Gasteiger partial charge on any atom is 0.249 e. The predicted molar refractivity (Wildman–Crippen MR) is 72.3 cm³/mol. The minimum Gasteiger partial charge on any atom is -0.392 e. The lowest BCUT2D eigenvalue weighted by Crippen LogP contribution is -2.34. The van der Waals surface area contributed by atoms with E-state index in [1.54, 1.807) is 19.1 Å². The van der Waals surface area contributed by atoms with Gasteiger partial charge in [0.15, 0.2) is 0 Å². The lowest BCUT2D eigenvalue weighted by atomic mass is 10.1. The lowest BCUT2D eigenvalue weighted by Gasteiger charge is -2.13. The fourth-order valence-corrected chi connectivity index (χ4v) is 1.83. The van der Waals surface area contributed by atoms with Gasteiger partial charge in [-0.1, -0.05) is 6.07 Å². The molecule has 5 heteroatoms. The molecule has 0 aromatic heterocycles. The van der Waals surface area contributed by atoms with Gasteiger partial charge in [0, 0.05) is 12.1 Å². The first-order chi connectivity index (χ1) is 9.60. The van der Waals surface area contributed by atoms with Crippen molar-refractivity contribution in [2.75, 3.05) is 6.61 Å². The molecule has 1 aromatic rings. The highest BCUT2D eigenvalue weighted by molar-refractivity contribution is 5.80. The maximum atomic E-state index is 13.2. The molecule has 0 aliphatic heterocycles. The third kappa shape index (κ3) is 4.28. The average molecular weight is 281 g/mol. The van der Waals surface area contributed by atoms with Gasteiger partial charge in [0.2, 0.25) is 5.91 Å². The minimum atomic E-state index is -0.478. The van der Waals surface area contributed by atoms with E-state index in [2.05, 4.69) is 5.32 Å². The first-order valence-electron chi connectivity index (χ1n) is 6.87. The number of hydrogen-bond acceptors (Lipinski definition) is 3. The van der Waals surface area contributed by atoms with Crippen molar-refractivity contribution in [1.29, 1.82) is 0 Å². The third-order valence-corrected chi connectivity index (χ3v) is 3.40. The molecule has 0 bridgehead atoms. The Morgan fingerprint density at radius 1 is 1.55 bits per heavy atom. The van der Waals surface area contributed by atoms with Gasteiger partial charge in [0.05, 0.1) is 13.2 Å². The number of aliphatic hydroxyl groups is 1. The molecule has 0 heterocycles. The van der Waals surface area contributed by atoms with Crippen molar-refractivity contribution < 1.29 is 19.0 Å². The average Bonchev–Trinajstić information content (AvgIpc) is 3.27. The number of carbonyl (C=O) groups is 1. The van der Waals surface area contributed by atoms with Gasteiger partial charge in [-0.3, -0.25) is 4.79 Å². The zero-order valence-corrected chi connectivity index (χ0v) is 11.6. The molecule has 110 valence electrons. The summed E-state index contributed by atoms with van der Waals surface area (Å²) in [7, 11) is 0. The number of hydrogen-bond donors (Lipinski definition) is 2. The summed E-state index contributed by atoms with van der Waals surface area (Å²) in [6.07, 6.45) is 1.90. The van der Waals surface area contributed by atoms with Gasteiger partial charge in [-0.15, -0.1) is 0 Å². The molecule has 1 aliphatic carbocycles. The van der Waals surface area contributed by atoms with Crippen LogP contribution in [0.2, 0.25) is 0 Å². The predicted octanol–water partition coefficient (Wildman–Crippen LogP) is 1.75. The zero-order valence-electron chi connectivity index (χ0n) is 11.6. The normalized spacial score (nSPS) is 15.9. The number of amides is 1. The van der Waals surface area contributed by atoms with Crippen molar-refractivity contribution in [2.24, 2.45) is 5.92 Å². The van der Waals surface area contributed by atoms with Crippen LogP contribution in [-0.2, 0) is 22.7 Å². The zero-order chi connectivity index (χ0) is 14.5. The Balaban J connectivity index is 1.79. The molecule has 0 radical (unpaired) electrons. The van der Waals surface area contributed by atoms with Crippen LogP contribution in [0.4, 0.5) is 4.39 Å². The first-order valence-corrected chi connectivity index (χ1v) is 6.87. The van der Waals surface area contributed by atoms with E-state index in [-0.39, 0.29) is 18.1 Å². The second-order valence-electron chi connectivity index (χ2n) is 5.22. The van der Waals surface area contributed by atoms with Crippen LogP contribution in [0.5, 0.6) is 0 Å². The summed E-state index contributed by atoms with van der Waals surface area (Å²) >= 11 is 0.